The highest BCUT2D eigenvalue weighted by molar-refractivity contribution is 9.10. The van der Waals surface area contributed by atoms with Crippen LogP contribution in [0.15, 0.2) is 40.9 Å². The third-order valence-corrected chi connectivity index (χ3v) is 3.73. The van der Waals surface area contributed by atoms with E-state index in [1.807, 2.05) is 30.3 Å². The van der Waals surface area contributed by atoms with E-state index in [4.69, 9.17) is 9.84 Å². The number of fused-ring (bicyclic) bond motifs is 1. The van der Waals surface area contributed by atoms with Crippen molar-refractivity contribution in [1.29, 1.82) is 0 Å². The van der Waals surface area contributed by atoms with E-state index in [2.05, 4.69) is 21.2 Å². The van der Waals surface area contributed by atoms with Gasteiger partial charge in [0.25, 0.3) is 5.91 Å². The first-order chi connectivity index (χ1) is 10.8. The minimum Gasteiger partial charge on any atom is -0.484 e. The molecule has 3 N–H and O–H groups in total. The number of benzene rings is 2. The maximum Gasteiger partial charge on any atom is 0.337 e. The lowest BCUT2D eigenvalue weighted by Gasteiger charge is -2.18. The van der Waals surface area contributed by atoms with E-state index >= 15 is 0 Å². The van der Waals surface area contributed by atoms with Crippen LogP contribution < -0.4 is 10.1 Å². The van der Waals surface area contributed by atoms with E-state index in [0.29, 0.717) is 5.75 Å². The third kappa shape index (κ3) is 4.67. The van der Waals surface area contributed by atoms with E-state index in [9.17, 15) is 14.7 Å². The molecule has 0 aliphatic carbocycles. The monoisotopic (exact) mass is 381 g/mol. The summed E-state index contributed by atoms with van der Waals surface area (Å²) in [5, 5.41) is 22.6. The van der Waals surface area contributed by atoms with Gasteiger partial charge in [-0.2, -0.15) is 0 Å². The summed E-state index contributed by atoms with van der Waals surface area (Å²) in [6.45, 7) is 0.450. The largest absolute Gasteiger partial charge is 0.484 e. The van der Waals surface area contributed by atoms with Gasteiger partial charge in [-0.1, -0.05) is 28.1 Å². The highest BCUT2D eigenvalue weighted by Gasteiger charge is 2.30. The number of carbonyl (C=O) groups is 2. The lowest BCUT2D eigenvalue weighted by atomic mass is 10.1. The molecule has 23 heavy (non-hydrogen) atoms. The molecule has 122 valence electrons. The number of carbonyl (C=O) groups excluding carboxylic acids is 1. The third-order valence-electron chi connectivity index (χ3n) is 3.23. The van der Waals surface area contributed by atoms with E-state index in [0.717, 1.165) is 22.2 Å². The van der Waals surface area contributed by atoms with Crippen LogP contribution >= 0.6 is 15.9 Å². The van der Waals surface area contributed by atoms with Crippen molar-refractivity contribution in [3.05, 3.63) is 40.9 Å². The van der Waals surface area contributed by atoms with Crippen LogP contribution in [0.5, 0.6) is 5.75 Å². The number of aliphatic hydroxyl groups is 1. The molecular formula is C16H16BrNO5. The normalized spacial score (nSPS) is 13.3. The zero-order chi connectivity index (χ0) is 17.0. The van der Waals surface area contributed by atoms with Crippen molar-refractivity contribution < 1.29 is 24.5 Å². The Labute approximate surface area is 141 Å². The molecule has 6 nitrogen and oxygen atoms in total. The molecule has 2 aromatic rings. The fraction of sp³-hybridized carbons (Fsp3) is 0.250. The lowest BCUT2D eigenvalue weighted by Crippen LogP contribution is -2.47. The maximum atomic E-state index is 11.6. The zero-order valence-electron chi connectivity index (χ0n) is 12.4. The SMILES string of the molecule is CC(O)(CNC(=O)COc1ccc2cc(Br)ccc2c1)C(=O)O. The summed E-state index contributed by atoms with van der Waals surface area (Å²) in [4.78, 5) is 22.4. The smallest absolute Gasteiger partial charge is 0.337 e. The molecule has 0 radical (unpaired) electrons. The van der Waals surface area contributed by atoms with Crippen molar-refractivity contribution in [2.24, 2.45) is 0 Å². The molecule has 2 rings (SSSR count). The summed E-state index contributed by atoms with van der Waals surface area (Å²) in [7, 11) is 0. The highest BCUT2D eigenvalue weighted by atomic mass is 79.9. The van der Waals surface area contributed by atoms with Gasteiger partial charge in [0.05, 0.1) is 6.54 Å². The van der Waals surface area contributed by atoms with E-state index in [1.165, 1.54) is 0 Å². The standard InChI is InChI=1S/C16H16BrNO5/c1-16(22,15(20)21)9-18-14(19)8-23-13-5-3-10-6-12(17)4-2-11(10)7-13/h2-7,22H,8-9H2,1H3,(H,18,19)(H,20,21). The molecular weight excluding hydrogens is 366 g/mol. The number of nitrogens with one attached hydrogen (secondary N) is 1. The molecule has 0 saturated heterocycles. The van der Waals surface area contributed by atoms with Crippen LogP contribution in [0, 0.1) is 0 Å². The maximum absolute atomic E-state index is 11.6. The molecule has 1 atom stereocenters. The molecule has 0 fully saturated rings. The van der Waals surface area contributed by atoms with E-state index in [-0.39, 0.29) is 6.61 Å². The lowest BCUT2D eigenvalue weighted by molar-refractivity contribution is -0.156. The Morgan fingerprint density at radius 3 is 2.57 bits per heavy atom. The van der Waals surface area contributed by atoms with Crippen molar-refractivity contribution in [2.45, 2.75) is 12.5 Å². The minimum absolute atomic E-state index is 0.266. The van der Waals surface area contributed by atoms with E-state index < -0.39 is 24.0 Å². The highest BCUT2D eigenvalue weighted by Crippen LogP contribution is 2.24. The predicted molar refractivity (Wildman–Crippen MR) is 88.4 cm³/mol. The number of amides is 1. The fourth-order valence-electron chi connectivity index (χ4n) is 1.83. The molecule has 0 aliphatic rings. The number of halogens is 1. The summed E-state index contributed by atoms with van der Waals surface area (Å²) in [5.74, 6) is -1.39. The van der Waals surface area contributed by atoms with Crippen LogP contribution in [0.25, 0.3) is 10.8 Å². The Bertz CT molecular complexity index is 744. The summed E-state index contributed by atoms with van der Waals surface area (Å²) in [6.07, 6.45) is 0. The summed E-state index contributed by atoms with van der Waals surface area (Å²) in [6, 6.07) is 11.2. The number of hydrogen-bond acceptors (Lipinski definition) is 4. The molecule has 0 heterocycles. The minimum atomic E-state index is -2.01. The number of rotatable bonds is 6. The van der Waals surface area contributed by atoms with Crippen molar-refractivity contribution in [3.8, 4) is 5.75 Å². The van der Waals surface area contributed by atoms with Gasteiger partial charge in [0.1, 0.15) is 5.75 Å². The number of aliphatic carboxylic acids is 1. The Balaban J connectivity index is 1.92. The molecule has 0 bridgehead atoms. The van der Waals surface area contributed by atoms with Gasteiger partial charge in [0.2, 0.25) is 0 Å². The summed E-state index contributed by atoms with van der Waals surface area (Å²) in [5.41, 5.74) is -2.01. The van der Waals surface area contributed by atoms with Gasteiger partial charge < -0.3 is 20.3 Å². The van der Waals surface area contributed by atoms with Crippen LogP contribution in [-0.4, -0.2) is 40.8 Å². The molecule has 7 heteroatoms. The second-order valence-electron chi connectivity index (χ2n) is 5.30. The zero-order valence-corrected chi connectivity index (χ0v) is 14.0. The van der Waals surface area contributed by atoms with Gasteiger partial charge in [-0.15, -0.1) is 0 Å². The van der Waals surface area contributed by atoms with E-state index in [1.54, 1.807) is 6.07 Å². The number of ether oxygens (including phenoxy) is 1. The van der Waals surface area contributed by atoms with Crippen molar-refractivity contribution in [3.63, 3.8) is 0 Å². The topological polar surface area (TPSA) is 95.9 Å². The number of hydrogen-bond donors (Lipinski definition) is 3. The van der Waals surface area contributed by atoms with Gasteiger partial charge in [-0.05, 0) is 42.0 Å². The first-order valence-corrected chi connectivity index (χ1v) is 7.62. The Hall–Kier alpha value is -2.12. The average Bonchev–Trinajstić information content (AvgIpc) is 2.50. The molecule has 0 aromatic heterocycles. The Kier molecular flexibility index (Phi) is 5.23. The van der Waals surface area contributed by atoms with Crippen molar-refractivity contribution >= 4 is 38.6 Å². The summed E-state index contributed by atoms with van der Waals surface area (Å²) < 4.78 is 6.35. The number of carboxylic acids is 1. The Morgan fingerprint density at radius 1 is 1.22 bits per heavy atom. The molecule has 0 spiro atoms. The first-order valence-electron chi connectivity index (χ1n) is 6.82. The molecule has 2 aromatic carbocycles. The van der Waals surface area contributed by atoms with Gasteiger partial charge in [0, 0.05) is 4.47 Å². The van der Waals surface area contributed by atoms with Gasteiger partial charge in [0.15, 0.2) is 12.2 Å². The Morgan fingerprint density at radius 2 is 1.87 bits per heavy atom. The van der Waals surface area contributed by atoms with Crippen LogP contribution in [-0.2, 0) is 9.59 Å². The van der Waals surface area contributed by atoms with Crippen molar-refractivity contribution in [2.75, 3.05) is 13.2 Å². The molecule has 1 amide bonds. The molecule has 1 unspecified atom stereocenters. The van der Waals surface area contributed by atoms with Crippen LogP contribution in [0.4, 0.5) is 0 Å². The second kappa shape index (κ2) is 6.97. The molecule has 0 saturated carbocycles. The van der Waals surface area contributed by atoms with Gasteiger partial charge in [-0.3, -0.25) is 4.79 Å². The number of carboxylic acid groups (broad SMARTS) is 1. The van der Waals surface area contributed by atoms with Crippen LogP contribution in [0.1, 0.15) is 6.92 Å². The predicted octanol–water partition coefficient (Wildman–Crippen LogP) is 1.93. The summed E-state index contributed by atoms with van der Waals surface area (Å²) >= 11 is 3.40. The van der Waals surface area contributed by atoms with Crippen LogP contribution in [0.2, 0.25) is 0 Å². The quantitative estimate of drug-likeness (QED) is 0.710. The molecule has 0 aliphatic heterocycles. The first kappa shape index (κ1) is 17.2. The second-order valence-corrected chi connectivity index (χ2v) is 6.21. The van der Waals surface area contributed by atoms with Gasteiger partial charge in [-0.25, -0.2) is 4.79 Å². The van der Waals surface area contributed by atoms with Gasteiger partial charge >= 0.3 is 5.97 Å². The average molecular weight is 382 g/mol. The van der Waals surface area contributed by atoms with Crippen LogP contribution in [0.3, 0.4) is 0 Å². The van der Waals surface area contributed by atoms with Crippen molar-refractivity contribution in [1.82, 2.24) is 5.32 Å². The fourth-order valence-corrected chi connectivity index (χ4v) is 2.21.